The van der Waals surface area contributed by atoms with E-state index in [4.69, 9.17) is 9.78 Å². The third kappa shape index (κ3) is 1.42. The molecule has 4 nitrogen and oxygen atoms in total. The molecule has 0 spiro atoms. The summed E-state index contributed by atoms with van der Waals surface area (Å²) in [6, 6.07) is 7.19. The van der Waals surface area contributed by atoms with Gasteiger partial charge in [-0.25, -0.2) is 0 Å². The molecule has 0 aliphatic rings. The van der Waals surface area contributed by atoms with Gasteiger partial charge in [-0.15, -0.1) is 0 Å². The summed E-state index contributed by atoms with van der Waals surface area (Å²) in [6.07, 6.45) is 3.51. The standard InChI is InChI=1S/C8H8N2O2/c1-3-7(9-5-1)11-12-8-4-2-6-10-8/h1-6,9-10H. The predicted octanol–water partition coefficient (Wildman–Crippen LogP) is 1.72. The number of H-pyrrole nitrogens is 2. The second-order valence-electron chi connectivity index (χ2n) is 2.24. The van der Waals surface area contributed by atoms with E-state index in [-0.39, 0.29) is 0 Å². The van der Waals surface area contributed by atoms with Crippen molar-refractivity contribution in [2.75, 3.05) is 0 Å². The normalized spacial score (nSPS) is 9.67. The van der Waals surface area contributed by atoms with Gasteiger partial charge in [-0.1, -0.05) is 0 Å². The first kappa shape index (κ1) is 6.84. The van der Waals surface area contributed by atoms with Crippen molar-refractivity contribution >= 4 is 0 Å². The van der Waals surface area contributed by atoms with Crippen LogP contribution in [0.4, 0.5) is 0 Å². The summed E-state index contributed by atoms with van der Waals surface area (Å²) in [5, 5.41) is 0. The zero-order valence-electron chi connectivity index (χ0n) is 6.28. The van der Waals surface area contributed by atoms with Crippen LogP contribution < -0.4 is 9.78 Å². The van der Waals surface area contributed by atoms with Crippen LogP contribution in [0, 0.1) is 0 Å². The third-order valence-corrected chi connectivity index (χ3v) is 1.36. The highest BCUT2D eigenvalue weighted by molar-refractivity contribution is 5.11. The summed E-state index contributed by atoms with van der Waals surface area (Å²) in [5.74, 6) is 1.15. The van der Waals surface area contributed by atoms with Gasteiger partial charge in [0.2, 0.25) is 11.8 Å². The van der Waals surface area contributed by atoms with E-state index in [0.29, 0.717) is 11.8 Å². The molecule has 0 atom stereocenters. The van der Waals surface area contributed by atoms with Gasteiger partial charge in [0.15, 0.2) is 0 Å². The summed E-state index contributed by atoms with van der Waals surface area (Å²) >= 11 is 0. The molecule has 0 saturated carbocycles. The maximum atomic E-state index is 4.90. The van der Waals surface area contributed by atoms with Gasteiger partial charge in [0.05, 0.1) is 0 Å². The summed E-state index contributed by atoms with van der Waals surface area (Å²) < 4.78 is 0. The van der Waals surface area contributed by atoms with Gasteiger partial charge in [-0.2, -0.15) is 0 Å². The molecule has 62 valence electrons. The van der Waals surface area contributed by atoms with Gasteiger partial charge in [0.1, 0.15) is 0 Å². The Hall–Kier alpha value is -1.84. The van der Waals surface area contributed by atoms with Crippen LogP contribution >= 0.6 is 0 Å². The van der Waals surface area contributed by atoms with Crippen LogP contribution in [0.1, 0.15) is 0 Å². The molecule has 0 radical (unpaired) electrons. The van der Waals surface area contributed by atoms with Crippen molar-refractivity contribution in [3.8, 4) is 11.8 Å². The molecule has 0 amide bonds. The number of nitrogens with one attached hydrogen (secondary N) is 2. The van der Waals surface area contributed by atoms with E-state index in [2.05, 4.69) is 9.97 Å². The quantitative estimate of drug-likeness (QED) is 0.536. The first-order valence-electron chi connectivity index (χ1n) is 3.56. The summed E-state index contributed by atoms with van der Waals surface area (Å²) in [4.78, 5) is 15.5. The molecule has 0 aliphatic heterocycles. The van der Waals surface area contributed by atoms with Crippen molar-refractivity contribution < 1.29 is 9.78 Å². The molecule has 0 unspecified atom stereocenters. The van der Waals surface area contributed by atoms with Gasteiger partial charge in [0, 0.05) is 24.5 Å². The third-order valence-electron chi connectivity index (χ3n) is 1.36. The van der Waals surface area contributed by atoms with Gasteiger partial charge in [0.25, 0.3) is 0 Å². The van der Waals surface area contributed by atoms with Gasteiger partial charge < -0.3 is 9.97 Å². The highest BCUT2D eigenvalue weighted by Crippen LogP contribution is 2.09. The van der Waals surface area contributed by atoms with Crippen molar-refractivity contribution in [1.82, 2.24) is 9.97 Å². The van der Waals surface area contributed by atoms with Crippen molar-refractivity contribution in [1.29, 1.82) is 0 Å². The van der Waals surface area contributed by atoms with E-state index < -0.39 is 0 Å². The van der Waals surface area contributed by atoms with Gasteiger partial charge in [-0.05, 0) is 12.1 Å². The fourth-order valence-electron chi connectivity index (χ4n) is 0.821. The zero-order chi connectivity index (χ0) is 8.23. The van der Waals surface area contributed by atoms with E-state index in [1.165, 1.54) is 0 Å². The fraction of sp³-hybridized carbons (Fsp3) is 0. The number of hydrogen-bond acceptors (Lipinski definition) is 2. The Morgan fingerprint density at radius 3 is 1.67 bits per heavy atom. The van der Waals surface area contributed by atoms with Crippen LogP contribution in [0.2, 0.25) is 0 Å². The van der Waals surface area contributed by atoms with E-state index >= 15 is 0 Å². The molecule has 2 heterocycles. The molecule has 0 fully saturated rings. The average Bonchev–Trinajstić information content (AvgIpc) is 2.74. The lowest BCUT2D eigenvalue weighted by atomic mass is 10.6. The Morgan fingerprint density at radius 2 is 1.33 bits per heavy atom. The SMILES string of the molecule is c1c[nH]c(OOc2ccc[nH]2)c1. The Labute approximate surface area is 69.1 Å². The smallest absolute Gasteiger partial charge is 0.247 e. The lowest BCUT2D eigenvalue weighted by Crippen LogP contribution is -2.00. The molecule has 2 aromatic heterocycles. The largest absolute Gasteiger partial charge is 0.329 e. The second kappa shape index (κ2) is 3.04. The summed E-state index contributed by atoms with van der Waals surface area (Å²) in [7, 11) is 0. The molecule has 0 bridgehead atoms. The van der Waals surface area contributed by atoms with Crippen LogP contribution in [-0.4, -0.2) is 9.97 Å². The minimum absolute atomic E-state index is 0.574. The topological polar surface area (TPSA) is 50.0 Å². The van der Waals surface area contributed by atoms with E-state index in [9.17, 15) is 0 Å². The van der Waals surface area contributed by atoms with Crippen LogP contribution in [0.25, 0.3) is 0 Å². The maximum absolute atomic E-state index is 4.90. The first-order chi connectivity index (χ1) is 5.95. The predicted molar refractivity (Wildman–Crippen MR) is 42.8 cm³/mol. The Balaban J connectivity index is 1.91. The molecule has 0 saturated heterocycles. The van der Waals surface area contributed by atoms with Crippen LogP contribution in [0.3, 0.4) is 0 Å². The number of rotatable bonds is 3. The molecule has 4 heteroatoms. The molecule has 0 aromatic carbocycles. The Bertz CT molecular complexity index is 278. The van der Waals surface area contributed by atoms with E-state index in [0.717, 1.165) is 0 Å². The average molecular weight is 164 g/mol. The molecular weight excluding hydrogens is 156 g/mol. The molecular formula is C8H8N2O2. The molecule has 2 aromatic rings. The monoisotopic (exact) mass is 164 g/mol. The molecule has 2 N–H and O–H groups in total. The molecule has 12 heavy (non-hydrogen) atoms. The highest BCUT2D eigenvalue weighted by Gasteiger charge is 1.96. The number of aromatic nitrogens is 2. The minimum Gasteiger partial charge on any atom is -0.329 e. The van der Waals surface area contributed by atoms with Crippen molar-refractivity contribution in [3.05, 3.63) is 36.7 Å². The minimum atomic E-state index is 0.574. The van der Waals surface area contributed by atoms with E-state index in [1.807, 2.05) is 12.1 Å². The zero-order valence-corrected chi connectivity index (χ0v) is 6.28. The van der Waals surface area contributed by atoms with Crippen molar-refractivity contribution in [2.45, 2.75) is 0 Å². The molecule has 0 aliphatic carbocycles. The molecule has 2 rings (SSSR count). The Morgan fingerprint density at radius 1 is 0.833 bits per heavy atom. The second-order valence-corrected chi connectivity index (χ2v) is 2.24. The maximum Gasteiger partial charge on any atom is 0.247 e. The van der Waals surface area contributed by atoms with Crippen LogP contribution in [0.15, 0.2) is 36.7 Å². The van der Waals surface area contributed by atoms with Crippen LogP contribution in [-0.2, 0) is 0 Å². The van der Waals surface area contributed by atoms with Crippen molar-refractivity contribution in [2.24, 2.45) is 0 Å². The Kier molecular flexibility index (Phi) is 1.74. The summed E-state index contributed by atoms with van der Waals surface area (Å²) in [6.45, 7) is 0. The number of aromatic amines is 2. The van der Waals surface area contributed by atoms with Gasteiger partial charge in [-0.3, -0.25) is 9.78 Å². The van der Waals surface area contributed by atoms with Crippen LogP contribution in [0.5, 0.6) is 11.8 Å². The lowest BCUT2D eigenvalue weighted by molar-refractivity contribution is -0.107. The first-order valence-corrected chi connectivity index (χ1v) is 3.56. The number of hydrogen-bond donors (Lipinski definition) is 2. The van der Waals surface area contributed by atoms with E-state index in [1.54, 1.807) is 24.5 Å². The fourth-order valence-corrected chi connectivity index (χ4v) is 0.821. The highest BCUT2D eigenvalue weighted by atomic mass is 17.2. The van der Waals surface area contributed by atoms with Crippen molar-refractivity contribution in [3.63, 3.8) is 0 Å². The van der Waals surface area contributed by atoms with Gasteiger partial charge >= 0.3 is 0 Å². The summed E-state index contributed by atoms with van der Waals surface area (Å²) in [5.41, 5.74) is 0. The lowest BCUT2D eigenvalue weighted by Gasteiger charge is -1.99.